The molecule has 0 saturated carbocycles. The van der Waals surface area contributed by atoms with Crippen molar-refractivity contribution in [1.29, 1.82) is 0 Å². The molecular formula is C11H14N2O. The van der Waals surface area contributed by atoms with Crippen LogP contribution in [0.15, 0.2) is 30.5 Å². The highest BCUT2D eigenvalue weighted by Gasteiger charge is 2.22. The van der Waals surface area contributed by atoms with Gasteiger partial charge >= 0.3 is 0 Å². The molecule has 14 heavy (non-hydrogen) atoms. The number of hydrogen-bond donors (Lipinski definition) is 3. The number of aromatic amines is 1. The van der Waals surface area contributed by atoms with Gasteiger partial charge in [0.25, 0.3) is 0 Å². The van der Waals surface area contributed by atoms with E-state index in [-0.39, 0.29) is 6.61 Å². The maximum Gasteiger partial charge on any atom is 0.0650 e. The lowest BCUT2D eigenvalue weighted by Crippen LogP contribution is -2.37. The Balaban J connectivity index is 2.67. The molecule has 0 saturated heterocycles. The Bertz CT molecular complexity index is 445. The van der Waals surface area contributed by atoms with E-state index >= 15 is 0 Å². The monoisotopic (exact) mass is 190 g/mol. The highest BCUT2D eigenvalue weighted by Crippen LogP contribution is 2.25. The topological polar surface area (TPSA) is 62.0 Å². The highest BCUT2D eigenvalue weighted by molar-refractivity contribution is 5.83. The Labute approximate surface area is 82.6 Å². The van der Waals surface area contributed by atoms with E-state index in [4.69, 9.17) is 5.73 Å². The van der Waals surface area contributed by atoms with Gasteiger partial charge in [-0.05, 0) is 24.6 Å². The van der Waals surface area contributed by atoms with Gasteiger partial charge in [0, 0.05) is 17.1 Å². The van der Waals surface area contributed by atoms with Crippen molar-refractivity contribution in [3.05, 3.63) is 36.0 Å². The molecule has 0 fully saturated rings. The highest BCUT2D eigenvalue weighted by atomic mass is 16.3. The smallest absolute Gasteiger partial charge is 0.0650 e. The summed E-state index contributed by atoms with van der Waals surface area (Å²) in [5, 5.41) is 10.3. The Morgan fingerprint density at radius 2 is 2.21 bits per heavy atom. The average Bonchev–Trinajstić information content (AvgIpc) is 2.64. The van der Waals surface area contributed by atoms with E-state index in [0.29, 0.717) is 0 Å². The SMILES string of the molecule is C[C@@](N)(CO)c1cccc2[nH]ccc12. The molecule has 0 spiro atoms. The molecule has 1 aromatic carbocycles. The molecule has 2 aromatic rings. The molecule has 2 rings (SSSR count). The molecule has 1 aromatic heterocycles. The number of fused-ring (bicyclic) bond motifs is 1. The van der Waals surface area contributed by atoms with Crippen molar-refractivity contribution >= 4 is 10.9 Å². The summed E-state index contributed by atoms with van der Waals surface area (Å²) in [5.41, 5.74) is 7.34. The molecule has 1 heterocycles. The fraction of sp³-hybridized carbons (Fsp3) is 0.273. The molecule has 74 valence electrons. The molecule has 0 aliphatic rings. The van der Waals surface area contributed by atoms with Crippen LogP contribution in [0.4, 0.5) is 0 Å². The lowest BCUT2D eigenvalue weighted by Gasteiger charge is -2.23. The quantitative estimate of drug-likeness (QED) is 0.669. The Kier molecular flexibility index (Phi) is 2.06. The van der Waals surface area contributed by atoms with Crippen LogP contribution < -0.4 is 5.73 Å². The number of H-pyrrole nitrogens is 1. The van der Waals surface area contributed by atoms with E-state index < -0.39 is 5.54 Å². The summed E-state index contributed by atoms with van der Waals surface area (Å²) in [6, 6.07) is 7.86. The molecule has 0 radical (unpaired) electrons. The first kappa shape index (κ1) is 9.24. The zero-order valence-corrected chi connectivity index (χ0v) is 8.12. The van der Waals surface area contributed by atoms with Gasteiger partial charge in [0.2, 0.25) is 0 Å². The van der Waals surface area contributed by atoms with Gasteiger partial charge in [-0.3, -0.25) is 0 Å². The Hall–Kier alpha value is -1.32. The van der Waals surface area contributed by atoms with Crippen molar-refractivity contribution in [2.45, 2.75) is 12.5 Å². The fourth-order valence-electron chi connectivity index (χ4n) is 1.67. The fourth-order valence-corrected chi connectivity index (χ4v) is 1.67. The lowest BCUT2D eigenvalue weighted by molar-refractivity contribution is 0.211. The first-order valence-corrected chi connectivity index (χ1v) is 4.61. The van der Waals surface area contributed by atoms with Crippen LogP contribution in [-0.4, -0.2) is 16.7 Å². The van der Waals surface area contributed by atoms with Crippen LogP contribution in [0.3, 0.4) is 0 Å². The number of benzene rings is 1. The molecule has 3 heteroatoms. The van der Waals surface area contributed by atoms with Gasteiger partial charge in [-0.15, -0.1) is 0 Å². The van der Waals surface area contributed by atoms with Gasteiger partial charge in [-0.1, -0.05) is 12.1 Å². The van der Waals surface area contributed by atoms with Gasteiger partial charge < -0.3 is 15.8 Å². The lowest BCUT2D eigenvalue weighted by atomic mass is 9.91. The van der Waals surface area contributed by atoms with Crippen molar-refractivity contribution in [2.75, 3.05) is 6.61 Å². The number of nitrogens with two attached hydrogens (primary N) is 1. The Morgan fingerprint density at radius 1 is 1.43 bits per heavy atom. The van der Waals surface area contributed by atoms with Crippen LogP contribution in [0.2, 0.25) is 0 Å². The van der Waals surface area contributed by atoms with Gasteiger partial charge in [0.1, 0.15) is 0 Å². The number of hydrogen-bond acceptors (Lipinski definition) is 2. The third kappa shape index (κ3) is 1.31. The standard InChI is InChI=1S/C11H14N2O/c1-11(12,7-14)9-3-2-4-10-8(9)5-6-13-10/h2-6,13-14H,7,12H2,1H3/t11-/m1/s1. The summed E-state index contributed by atoms with van der Waals surface area (Å²) >= 11 is 0. The molecule has 0 aliphatic heterocycles. The van der Waals surface area contributed by atoms with Gasteiger partial charge in [-0.2, -0.15) is 0 Å². The van der Waals surface area contributed by atoms with E-state index in [9.17, 15) is 5.11 Å². The minimum absolute atomic E-state index is 0.0582. The van der Waals surface area contributed by atoms with E-state index in [1.54, 1.807) is 0 Å². The molecule has 4 N–H and O–H groups in total. The largest absolute Gasteiger partial charge is 0.394 e. The summed E-state index contributed by atoms with van der Waals surface area (Å²) in [4.78, 5) is 3.12. The van der Waals surface area contributed by atoms with Crippen LogP contribution in [-0.2, 0) is 5.54 Å². The van der Waals surface area contributed by atoms with E-state index in [2.05, 4.69) is 4.98 Å². The van der Waals surface area contributed by atoms with E-state index in [1.165, 1.54) is 0 Å². The number of aliphatic hydroxyl groups excluding tert-OH is 1. The maximum absolute atomic E-state index is 9.21. The first-order valence-electron chi connectivity index (χ1n) is 4.61. The van der Waals surface area contributed by atoms with Crippen molar-refractivity contribution < 1.29 is 5.11 Å². The molecule has 1 atom stereocenters. The van der Waals surface area contributed by atoms with Crippen LogP contribution in [0.1, 0.15) is 12.5 Å². The van der Waals surface area contributed by atoms with Gasteiger partial charge in [0.05, 0.1) is 12.1 Å². The Morgan fingerprint density at radius 3 is 2.93 bits per heavy atom. The summed E-state index contributed by atoms with van der Waals surface area (Å²) in [6.07, 6.45) is 1.88. The van der Waals surface area contributed by atoms with E-state index in [1.807, 2.05) is 37.4 Å². The zero-order chi connectivity index (χ0) is 10.2. The number of rotatable bonds is 2. The van der Waals surface area contributed by atoms with Crippen molar-refractivity contribution in [1.82, 2.24) is 4.98 Å². The molecule has 0 aliphatic carbocycles. The summed E-state index contributed by atoms with van der Waals surface area (Å²) in [7, 11) is 0. The second-order valence-electron chi connectivity index (χ2n) is 3.82. The predicted molar refractivity (Wildman–Crippen MR) is 56.9 cm³/mol. The van der Waals surface area contributed by atoms with Crippen molar-refractivity contribution in [3.63, 3.8) is 0 Å². The third-order valence-electron chi connectivity index (χ3n) is 2.54. The predicted octanol–water partition coefficient (Wildman–Crippen LogP) is 1.33. The number of nitrogens with one attached hydrogen (secondary N) is 1. The molecule has 0 unspecified atom stereocenters. The first-order chi connectivity index (χ1) is 6.65. The van der Waals surface area contributed by atoms with Crippen LogP contribution in [0.5, 0.6) is 0 Å². The molecular weight excluding hydrogens is 176 g/mol. The van der Waals surface area contributed by atoms with Gasteiger partial charge in [0.15, 0.2) is 0 Å². The maximum atomic E-state index is 9.21. The minimum Gasteiger partial charge on any atom is -0.394 e. The normalized spacial score (nSPS) is 15.6. The van der Waals surface area contributed by atoms with E-state index in [0.717, 1.165) is 16.5 Å². The average molecular weight is 190 g/mol. The molecule has 0 amide bonds. The third-order valence-corrected chi connectivity index (χ3v) is 2.54. The number of aromatic nitrogens is 1. The second kappa shape index (κ2) is 3.12. The second-order valence-corrected chi connectivity index (χ2v) is 3.82. The van der Waals surface area contributed by atoms with Crippen molar-refractivity contribution in [2.24, 2.45) is 5.73 Å². The summed E-state index contributed by atoms with van der Waals surface area (Å²) < 4.78 is 0. The number of aliphatic hydroxyl groups is 1. The van der Waals surface area contributed by atoms with Crippen LogP contribution in [0, 0.1) is 0 Å². The molecule has 3 nitrogen and oxygen atoms in total. The zero-order valence-electron chi connectivity index (χ0n) is 8.12. The van der Waals surface area contributed by atoms with Crippen molar-refractivity contribution in [3.8, 4) is 0 Å². The summed E-state index contributed by atoms with van der Waals surface area (Å²) in [5.74, 6) is 0. The molecule has 0 bridgehead atoms. The summed E-state index contributed by atoms with van der Waals surface area (Å²) in [6.45, 7) is 1.77. The van der Waals surface area contributed by atoms with Gasteiger partial charge in [-0.25, -0.2) is 0 Å². The van der Waals surface area contributed by atoms with Crippen LogP contribution >= 0.6 is 0 Å². The van der Waals surface area contributed by atoms with Crippen LogP contribution in [0.25, 0.3) is 10.9 Å². The minimum atomic E-state index is -0.679.